The van der Waals surface area contributed by atoms with Gasteiger partial charge in [-0.1, -0.05) is 18.7 Å². The van der Waals surface area contributed by atoms with E-state index in [0.717, 1.165) is 0 Å². The SMILES string of the molecule is C=C(CC(O)CCl)C(=O)O.O=C1OC(=O)c2ccccc21. The normalized spacial score (nSPS) is 13.6. The highest BCUT2D eigenvalue weighted by atomic mass is 35.5. The standard InChI is InChI=1S/C8H4O3.C6H9ClO3/c9-7-5-3-1-2-4-6(5)8(10)11-7;1-4(6(9)10)2-5(8)3-7/h1-4H;5,8H,1-3H2,(H,9,10). The summed E-state index contributed by atoms with van der Waals surface area (Å²) in [7, 11) is 0. The van der Waals surface area contributed by atoms with E-state index in [-0.39, 0.29) is 17.9 Å². The molecule has 2 N–H and O–H groups in total. The highest BCUT2D eigenvalue weighted by molar-refractivity contribution is 6.18. The van der Waals surface area contributed by atoms with Gasteiger partial charge in [0.25, 0.3) is 0 Å². The van der Waals surface area contributed by atoms with Crippen molar-refractivity contribution in [3.63, 3.8) is 0 Å². The summed E-state index contributed by atoms with van der Waals surface area (Å²) in [5.41, 5.74) is 0.697. The van der Waals surface area contributed by atoms with Gasteiger partial charge in [0.05, 0.1) is 17.2 Å². The summed E-state index contributed by atoms with van der Waals surface area (Å²) >= 11 is 5.22. The third-order valence-corrected chi connectivity index (χ3v) is 2.87. The molecule has 1 aliphatic rings. The molecule has 1 aliphatic heterocycles. The fourth-order valence-electron chi connectivity index (χ4n) is 1.46. The molecule has 1 atom stereocenters. The summed E-state index contributed by atoms with van der Waals surface area (Å²) in [6.45, 7) is 3.22. The van der Waals surface area contributed by atoms with Crippen LogP contribution in [0.25, 0.3) is 0 Å². The molecule has 0 saturated carbocycles. The van der Waals surface area contributed by atoms with Crippen molar-refractivity contribution in [2.75, 3.05) is 5.88 Å². The van der Waals surface area contributed by atoms with Gasteiger partial charge < -0.3 is 14.9 Å². The van der Waals surface area contributed by atoms with Gasteiger partial charge in [-0.3, -0.25) is 0 Å². The Hall–Kier alpha value is -2.18. The number of benzene rings is 1. The lowest BCUT2D eigenvalue weighted by molar-refractivity contribution is -0.133. The number of carbonyl (C=O) groups is 3. The monoisotopic (exact) mass is 312 g/mol. The molecule has 1 heterocycles. The number of carbonyl (C=O) groups excluding carboxylic acids is 2. The number of carboxylic acids is 1. The maximum atomic E-state index is 10.8. The number of cyclic esters (lactones) is 2. The molecule has 1 aromatic rings. The van der Waals surface area contributed by atoms with E-state index in [4.69, 9.17) is 21.8 Å². The van der Waals surface area contributed by atoms with Crippen molar-refractivity contribution in [2.45, 2.75) is 12.5 Å². The lowest BCUT2D eigenvalue weighted by atomic mass is 10.1. The van der Waals surface area contributed by atoms with Crippen LogP contribution in [0, 0.1) is 0 Å². The van der Waals surface area contributed by atoms with Crippen LogP contribution >= 0.6 is 11.6 Å². The molecule has 21 heavy (non-hydrogen) atoms. The third kappa shape index (κ3) is 4.70. The van der Waals surface area contributed by atoms with Crippen molar-refractivity contribution in [3.05, 3.63) is 47.5 Å². The maximum Gasteiger partial charge on any atom is 0.346 e. The van der Waals surface area contributed by atoms with Crippen molar-refractivity contribution in [3.8, 4) is 0 Å². The fraction of sp³-hybridized carbons (Fsp3) is 0.214. The Labute approximate surface area is 125 Å². The van der Waals surface area contributed by atoms with Crippen molar-refractivity contribution in [1.29, 1.82) is 0 Å². The molecule has 2 rings (SSSR count). The molecular weight excluding hydrogens is 300 g/mol. The number of ether oxygens (including phenoxy) is 1. The molecule has 0 spiro atoms. The molecular formula is C14H13ClO6. The van der Waals surface area contributed by atoms with Gasteiger partial charge in [-0.25, -0.2) is 14.4 Å². The summed E-state index contributed by atoms with van der Waals surface area (Å²) in [5.74, 6) is -2.16. The lowest BCUT2D eigenvalue weighted by Gasteiger charge is -2.04. The van der Waals surface area contributed by atoms with E-state index in [9.17, 15) is 14.4 Å². The number of esters is 2. The molecule has 7 heteroatoms. The molecule has 112 valence electrons. The number of carboxylic acid groups (broad SMARTS) is 1. The average molecular weight is 313 g/mol. The van der Waals surface area contributed by atoms with E-state index in [2.05, 4.69) is 11.3 Å². The summed E-state index contributed by atoms with van der Waals surface area (Å²) in [6, 6.07) is 6.53. The summed E-state index contributed by atoms with van der Waals surface area (Å²) in [5, 5.41) is 17.1. The number of aliphatic carboxylic acids is 1. The van der Waals surface area contributed by atoms with Crippen LogP contribution in [0.3, 0.4) is 0 Å². The Kier molecular flexibility index (Phi) is 6.08. The number of fused-ring (bicyclic) bond motifs is 1. The van der Waals surface area contributed by atoms with Crippen molar-refractivity contribution in [2.24, 2.45) is 0 Å². The molecule has 0 radical (unpaired) electrons. The summed E-state index contributed by atoms with van der Waals surface area (Å²) in [4.78, 5) is 31.8. The Morgan fingerprint density at radius 2 is 1.71 bits per heavy atom. The number of hydrogen-bond donors (Lipinski definition) is 2. The zero-order chi connectivity index (χ0) is 16.0. The van der Waals surface area contributed by atoms with E-state index in [1.165, 1.54) is 0 Å². The predicted molar refractivity (Wildman–Crippen MR) is 74.3 cm³/mol. The third-order valence-electron chi connectivity index (χ3n) is 2.51. The molecule has 0 saturated heterocycles. The fourth-order valence-corrected chi connectivity index (χ4v) is 1.57. The average Bonchev–Trinajstić information content (AvgIpc) is 2.75. The van der Waals surface area contributed by atoms with Gasteiger partial charge in [0.2, 0.25) is 0 Å². The van der Waals surface area contributed by atoms with Crippen LogP contribution in [-0.2, 0) is 9.53 Å². The Morgan fingerprint density at radius 1 is 1.24 bits per heavy atom. The molecule has 6 nitrogen and oxygen atoms in total. The lowest BCUT2D eigenvalue weighted by Crippen LogP contribution is -2.12. The van der Waals surface area contributed by atoms with Gasteiger partial charge in [-0.2, -0.15) is 0 Å². The summed E-state index contributed by atoms with van der Waals surface area (Å²) < 4.78 is 4.35. The molecule has 0 aromatic heterocycles. The quantitative estimate of drug-likeness (QED) is 0.379. The second kappa shape index (κ2) is 7.56. The van der Waals surface area contributed by atoms with Crippen LogP contribution in [0.15, 0.2) is 36.4 Å². The number of aliphatic hydroxyl groups excluding tert-OH is 1. The van der Waals surface area contributed by atoms with E-state index >= 15 is 0 Å². The van der Waals surface area contributed by atoms with Crippen molar-refractivity contribution in [1.82, 2.24) is 0 Å². The van der Waals surface area contributed by atoms with Gasteiger partial charge in [0, 0.05) is 17.9 Å². The van der Waals surface area contributed by atoms with Crippen molar-refractivity contribution < 1.29 is 29.3 Å². The minimum atomic E-state index is -1.09. The highest BCUT2D eigenvalue weighted by Gasteiger charge is 2.28. The first-order valence-electron chi connectivity index (χ1n) is 5.87. The van der Waals surface area contributed by atoms with Crippen molar-refractivity contribution >= 4 is 29.5 Å². The van der Waals surface area contributed by atoms with E-state index in [1.54, 1.807) is 24.3 Å². The highest BCUT2D eigenvalue weighted by Crippen LogP contribution is 2.18. The molecule has 0 fully saturated rings. The first kappa shape index (κ1) is 16.9. The Bertz CT molecular complexity index is 548. The molecule has 0 amide bonds. The molecule has 0 bridgehead atoms. The van der Waals surface area contributed by atoms with Gasteiger partial charge >= 0.3 is 17.9 Å². The van der Waals surface area contributed by atoms with Crippen LogP contribution in [0.1, 0.15) is 27.1 Å². The summed E-state index contributed by atoms with van der Waals surface area (Å²) in [6.07, 6.45) is -0.774. The second-order valence-corrected chi connectivity index (χ2v) is 4.45. The Morgan fingerprint density at radius 3 is 2.10 bits per heavy atom. The van der Waals surface area contributed by atoms with E-state index in [0.29, 0.717) is 11.1 Å². The van der Waals surface area contributed by atoms with Crippen LogP contribution in [-0.4, -0.2) is 40.1 Å². The van der Waals surface area contributed by atoms with Gasteiger partial charge in [-0.15, -0.1) is 11.6 Å². The number of hydrogen-bond acceptors (Lipinski definition) is 5. The predicted octanol–water partition coefficient (Wildman–Crippen LogP) is 1.61. The first-order chi connectivity index (χ1) is 9.86. The zero-order valence-electron chi connectivity index (χ0n) is 10.9. The van der Waals surface area contributed by atoms with Crippen LogP contribution < -0.4 is 0 Å². The minimum absolute atomic E-state index is 0.0202. The van der Waals surface area contributed by atoms with Crippen LogP contribution in [0.2, 0.25) is 0 Å². The first-order valence-corrected chi connectivity index (χ1v) is 6.41. The second-order valence-electron chi connectivity index (χ2n) is 4.14. The number of alkyl halides is 1. The zero-order valence-corrected chi connectivity index (χ0v) is 11.7. The van der Waals surface area contributed by atoms with Gasteiger partial charge in [0.15, 0.2) is 0 Å². The maximum absolute atomic E-state index is 10.8. The van der Waals surface area contributed by atoms with Crippen LogP contribution in [0.5, 0.6) is 0 Å². The Balaban J connectivity index is 0.000000212. The largest absolute Gasteiger partial charge is 0.478 e. The minimum Gasteiger partial charge on any atom is -0.478 e. The topological polar surface area (TPSA) is 101 Å². The molecule has 0 aliphatic carbocycles. The van der Waals surface area contributed by atoms with Gasteiger partial charge in [0.1, 0.15) is 0 Å². The molecule has 1 aromatic carbocycles. The van der Waals surface area contributed by atoms with E-state index in [1.807, 2.05) is 0 Å². The van der Waals surface area contributed by atoms with E-state index < -0.39 is 24.0 Å². The number of halogens is 1. The smallest absolute Gasteiger partial charge is 0.346 e. The van der Waals surface area contributed by atoms with Crippen LogP contribution in [0.4, 0.5) is 0 Å². The molecule has 1 unspecified atom stereocenters. The number of rotatable bonds is 4. The van der Waals surface area contributed by atoms with Gasteiger partial charge in [-0.05, 0) is 12.1 Å². The number of aliphatic hydroxyl groups is 1.